The summed E-state index contributed by atoms with van der Waals surface area (Å²) in [6.07, 6.45) is -4.63. The van der Waals surface area contributed by atoms with Crippen molar-refractivity contribution in [2.75, 3.05) is 0 Å². The first-order valence-corrected chi connectivity index (χ1v) is 14.6. The van der Waals surface area contributed by atoms with Gasteiger partial charge in [-0.05, 0) is 71.5 Å². The van der Waals surface area contributed by atoms with E-state index in [1.165, 1.54) is 11.0 Å². The third-order valence-electron chi connectivity index (χ3n) is 8.20. The summed E-state index contributed by atoms with van der Waals surface area (Å²) in [4.78, 5) is 29.8. The van der Waals surface area contributed by atoms with Crippen molar-refractivity contribution in [1.82, 2.24) is 15.0 Å². The molecule has 4 aromatic carbocycles. The van der Waals surface area contributed by atoms with Crippen molar-refractivity contribution in [1.29, 1.82) is 0 Å². The van der Waals surface area contributed by atoms with Crippen LogP contribution in [-0.4, -0.2) is 20.9 Å². The molecule has 0 aliphatic rings. The fourth-order valence-corrected chi connectivity index (χ4v) is 5.57. The quantitative estimate of drug-likeness (QED) is 0.184. The number of carbonyl (C=O) groups excluding carboxylic acids is 1. The molecule has 6 rings (SSSR count). The Bertz CT molecular complexity index is 2090. The Morgan fingerprint density at radius 1 is 0.870 bits per heavy atom. The van der Waals surface area contributed by atoms with E-state index < -0.39 is 23.1 Å². The van der Waals surface area contributed by atoms with E-state index in [-0.39, 0.29) is 24.8 Å². The van der Waals surface area contributed by atoms with Crippen molar-refractivity contribution >= 4 is 16.7 Å². The van der Waals surface area contributed by atoms with Gasteiger partial charge in [0.25, 0.3) is 5.91 Å². The molecule has 0 bridgehead atoms. The summed E-state index contributed by atoms with van der Waals surface area (Å²) in [5, 5.41) is 5.52. The van der Waals surface area contributed by atoms with Gasteiger partial charge in [-0.15, -0.1) is 0 Å². The Hall–Kier alpha value is -5.38. The molecule has 0 spiro atoms. The van der Waals surface area contributed by atoms with Gasteiger partial charge < -0.3 is 9.32 Å². The predicted octanol–water partition coefficient (Wildman–Crippen LogP) is 8.27. The van der Waals surface area contributed by atoms with Crippen molar-refractivity contribution in [3.8, 4) is 11.1 Å². The topological polar surface area (TPSA) is 92.3 Å². The van der Waals surface area contributed by atoms with Crippen LogP contribution in [0.1, 0.15) is 58.2 Å². The van der Waals surface area contributed by atoms with Crippen LogP contribution in [0.2, 0.25) is 0 Å². The van der Waals surface area contributed by atoms with Crippen molar-refractivity contribution in [2.45, 2.75) is 45.5 Å². The lowest BCUT2D eigenvalue weighted by Crippen LogP contribution is -2.30. The zero-order valence-electron chi connectivity index (χ0n) is 25.3. The van der Waals surface area contributed by atoms with E-state index in [2.05, 4.69) is 10.1 Å². The lowest BCUT2D eigenvalue weighted by molar-refractivity contribution is -0.153. The molecule has 1 amide bonds. The van der Waals surface area contributed by atoms with Gasteiger partial charge in [0.05, 0.1) is 17.5 Å². The lowest BCUT2D eigenvalue weighted by Gasteiger charge is -2.24. The van der Waals surface area contributed by atoms with Gasteiger partial charge >= 0.3 is 11.9 Å². The van der Waals surface area contributed by atoms with Crippen molar-refractivity contribution in [2.24, 2.45) is 0 Å². The van der Waals surface area contributed by atoms with Gasteiger partial charge in [-0.25, -0.2) is 4.79 Å². The Labute approximate surface area is 262 Å². The molecule has 0 fully saturated rings. The summed E-state index contributed by atoms with van der Waals surface area (Å²) in [6, 6.07) is 29.0. The van der Waals surface area contributed by atoms with Crippen molar-refractivity contribution in [3.63, 3.8) is 0 Å². The normalized spacial score (nSPS) is 12.0. The molecule has 1 N–H and O–H groups in total. The number of halogens is 3. The van der Waals surface area contributed by atoms with Crippen LogP contribution in [0.4, 0.5) is 13.2 Å². The Balaban J connectivity index is 1.31. The second-order valence-electron chi connectivity index (χ2n) is 11.7. The lowest BCUT2D eigenvalue weighted by atomic mass is 9.82. The number of H-pyrrole nitrogens is 1. The van der Waals surface area contributed by atoms with E-state index in [9.17, 15) is 22.8 Å². The zero-order chi connectivity index (χ0) is 32.6. The molecule has 2 aromatic heterocycles. The second kappa shape index (κ2) is 11.8. The standard InChI is InChI=1S/C36H30F3N3O4/c1-22-11-14-25-7-4-5-10-29(25)31(22)32(43)42(21-28-17-18-30(45-28)36(37,38)39)20-23-12-15-24(16-13-23)26-8-6-9-27(19-26)35(2,3)33-40-34(44)46-41-33/h4-19H,20-21H2,1-3H3,(H,40,41,44). The first-order chi connectivity index (χ1) is 21.9. The van der Waals surface area contributed by atoms with E-state index in [0.29, 0.717) is 11.4 Å². The highest BCUT2D eigenvalue weighted by atomic mass is 19.4. The number of carbonyl (C=O) groups is 1. The molecule has 0 saturated heterocycles. The number of hydrogen-bond acceptors (Lipinski definition) is 5. The number of rotatable bonds is 8. The predicted molar refractivity (Wildman–Crippen MR) is 167 cm³/mol. The Morgan fingerprint density at radius 2 is 1.63 bits per heavy atom. The summed E-state index contributed by atoms with van der Waals surface area (Å²) in [5.74, 6) is -1.60. The maximum atomic E-state index is 14.2. The summed E-state index contributed by atoms with van der Waals surface area (Å²) >= 11 is 0. The molecule has 2 heterocycles. The van der Waals surface area contributed by atoms with Crippen LogP contribution in [0.3, 0.4) is 0 Å². The summed E-state index contributed by atoms with van der Waals surface area (Å²) < 4.78 is 49.7. The molecular weight excluding hydrogens is 595 g/mol. The molecule has 10 heteroatoms. The summed E-state index contributed by atoms with van der Waals surface area (Å²) in [6.45, 7) is 5.69. The minimum absolute atomic E-state index is 0.0306. The number of hydrogen-bond donors (Lipinski definition) is 1. The maximum absolute atomic E-state index is 14.2. The molecule has 234 valence electrons. The van der Waals surface area contributed by atoms with Gasteiger partial charge in [0, 0.05) is 6.54 Å². The van der Waals surface area contributed by atoms with Crippen LogP contribution in [-0.2, 0) is 24.7 Å². The van der Waals surface area contributed by atoms with Crippen LogP contribution in [0.15, 0.2) is 111 Å². The molecule has 0 atom stereocenters. The first-order valence-electron chi connectivity index (χ1n) is 14.6. The van der Waals surface area contributed by atoms with E-state index in [4.69, 9.17) is 8.94 Å². The molecule has 7 nitrogen and oxygen atoms in total. The molecule has 46 heavy (non-hydrogen) atoms. The number of aromatic nitrogens is 2. The maximum Gasteiger partial charge on any atom is 0.449 e. The first kappa shape index (κ1) is 30.6. The van der Waals surface area contributed by atoms with Crippen molar-refractivity contribution in [3.05, 3.63) is 147 Å². The number of benzene rings is 4. The third-order valence-corrected chi connectivity index (χ3v) is 8.20. The SMILES string of the molecule is Cc1ccc2ccccc2c1C(=O)N(Cc1ccc(-c2cccc(C(C)(C)c3noc(=O)[nH]3)c2)cc1)Cc1ccc(C(F)(F)F)o1. The largest absolute Gasteiger partial charge is 0.455 e. The van der Waals surface area contributed by atoms with Crippen LogP contribution in [0, 0.1) is 6.92 Å². The van der Waals surface area contributed by atoms with Gasteiger partial charge in [0.2, 0.25) is 5.76 Å². The number of aromatic amines is 1. The van der Waals surface area contributed by atoms with Gasteiger partial charge in [-0.2, -0.15) is 13.2 Å². The number of alkyl halides is 3. The number of nitrogens with one attached hydrogen (secondary N) is 1. The fraction of sp³-hybridized carbons (Fsp3) is 0.194. The average Bonchev–Trinajstić information content (AvgIpc) is 3.71. The smallest absolute Gasteiger partial charge is 0.449 e. The van der Waals surface area contributed by atoms with E-state index in [1.807, 2.05) is 106 Å². The van der Waals surface area contributed by atoms with Crippen LogP contribution in [0.5, 0.6) is 0 Å². The molecule has 0 aliphatic heterocycles. The average molecular weight is 626 g/mol. The number of nitrogens with zero attached hydrogens (tertiary/aromatic N) is 2. The van der Waals surface area contributed by atoms with Crippen molar-refractivity contribution < 1.29 is 26.9 Å². The van der Waals surface area contributed by atoms with Gasteiger partial charge in [0.1, 0.15) is 5.76 Å². The minimum Gasteiger partial charge on any atom is -0.455 e. The third kappa shape index (κ3) is 6.10. The van der Waals surface area contributed by atoms with Crippen LogP contribution < -0.4 is 5.76 Å². The second-order valence-corrected chi connectivity index (χ2v) is 11.7. The molecule has 0 saturated carbocycles. The minimum atomic E-state index is -4.63. The number of aryl methyl sites for hydroxylation is 1. The monoisotopic (exact) mass is 625 g/mol. The number of fused-ring (bicyclic) bond motifs is 1. The van der Waals surface area contributed by atoms with Gasteiger partial charge in [-0.3, -0.25) is 14.3 Å². The highest BCUT2D eigenvalue weighted by molar-refractivity contribution is 6.08. The molecule has 6 aromatic rings. The molecule has 0 aliphatic carbocycles. The highest BCUT2D eigenvalue weighted by Gasteiger charge is 2.35. The van der Waals surface area contributed by atoms with Crippen LogP contribution >= 0.6 is 0 Å². The zero-order valence-corrected chi connectivity index (χ0v) is 25.3. The van der Waals surface area contributed by atoms with Crippen LogP contribution in [0.25, 0.3) is 21.9 Å². The Kier molecular flexibility index (Phi) is 7.89. The highest BCUT2D eigenvalue weighted by Crippen LogP contribution is 2.33. The molecule has 0 unspecified atom stereocenters. The number of amides is 1. The van der Waals surface area contributed by atoms with E-state index in [1.54, 1.807) is 0 Å². The van der Waals surface area contributed by atoms with E-state index in [0.717, 1.165) is 44.7 Å². The number of furan rings is 1. The molecule has 0 radical (unpaired) electrons. The van der Waals surface area contributed by atoms with Gasteiger partial charge in [-0.1, -0.05) is 90.1 Å². The summed E-state index contributed by atoms with van der Waals surface area (Å²) in [5.41, 5.74) is 4.17. The summed E-state index contributed by atoms with van der Waals surface area (Å²) in [7, 11) is 0. The van der Waals surface area contributed by atoms with E-state index >= 15 is 0 Å². The fourth-order valence-electron chi connectivity index (χ4n) is 5.57. The Morgan fingerprint density at radius 3 is 2.33 bits per heavy atom. The van der Waals surface area contributed by atoms with Gasteiger partial charge in [0.15, 0.2) is 5.82 Å². The molecular formula is C36H30F3N3O4.